The van der Waals surface area contributed by atoms with Gasteiger partial charge in [-0.3, -0.25) is 10.8 Å². The van der Waals surface area contributed by atoms with Gasteiger partial charge < -0.3 is 5.73 Å². The molecule has 2 aromatic carbocycles. The highest BCUT2D eigenvalue weighted by Crippen LogP contribution is 2.18. The fourth-order valence-corrected chi connectivity index (χ4v) is 3.32. The first-order chi connectivity index (χ1) is 12.3. The Kier molecular flexibility index (Phi) is 6.06. The van der Waals surface area contributed by atoms with Crippen LogP contribution < -0.4 is 15.9 Å². The molecule has 0 radical (unpaired) electrons. The zero-order valence-electron chi connectivity index (χ0n) is 14.0. The van der Waals surface area contributed by atoms with E-state index in [1.165, 1.54) is 24.3 Å². The van der Waals surface area contributed by atoms with E-state index < -0.39 is 15.9 Å². The molecule has 0 spiro atoms. The lowest BCUT2D eigenvalue weighted by molar-refractivity contribution is 0.567. The van der Waals surface area contributed by atoms with Crippen molar-refractivity contribution in [1.29, 1.82) is 10.7 Å². The Labute approximate surface area is 151 Å². The number of nitriles is 1. The summed E-state index contributed by atoms with van der Waals surface area (Å²) in [6.45, 7) is 1.77. The molecule has 2 rings (SSSR count). The summed E-state index contributed by atoms with van der Waals surface area (Å²) in [5.41, 5.74) is 8.79. The maximum Gasteiger partial charge on any atom is 0.241 e. The molecule has 0 saturated carbocycles. The van der Waals surface area contributed by atoms with Gasteiger partial charge in [0.25, 0.3) is 0 Å². The smallest absolute Gasteiger partial charge is 0.241 e. The monoisotopic (exact) mass is 370 g/mol. The third-order valence-corrected chi connectivity index (χ3v) is 5.01. The number of hydrogen-bond donors (Lipinski definition) is 4. The summed E-state index contributed by atoms with van der Waals surface area (Å²) in [6.07, 6.45) is 0. The molecule has 134 valence electrons. The van der Waals surface area contributed by atoms with E-state index in [2.05, 4.69) is 15.2 Å². The maximum absolute atomic E-state index is 12.5. The van der Waals surface area contributed by atoms with Crippen molar-refractivity contribution in [1.82, 2.24) is 4.72 Å². The molecule has 5 N–H and O–H groups in total. The Balaban J connectivity index is 2.11. The summed E-state index contributed by atoms with van der Waals surface area (Å²) in [5, 5.41) is 19.6. The minimum atomic E-state index is -3.69. The van der Waals surface area contributed by atoms with Gasteiger partial charge in [0.05, 0.1) is 10.6 Å². The third kappa shape index (κ3) is 4.89. The van der Waals surface area contributed by atoms with E-state index in [0.29, 0.717) is 5.69 Å². The number of benzene rings is 2. The molecule has 8 nitrogen and oxygen atoms in total. The molecule has 0 fully saturated rings. The lowest BCUT2D eigenvalue weighted by Crippen LogP contribution is -2.26. The minimum absolute atomic E-state index is 0.0990. The Hall–Kier alpha value is -3.22. The van der Waals surface area contributed by atoms with Gasteiger partial charge in [0.1, 0.15) is 6.07 Å². The van der Waals surface area contributed by atoms with E-state index in [-0.39, 0.29) is 16.6 Å². The van der Waals surface area contributed by atoms with E-state index in [4.69, 9.17) is 16.4 Å². The predicted octanol–water partition coefficient (Wildman–Crippen LogP) is 1.95. The standard InChI is InChI=1S/C17H18N6O2S/c1-12(13-5-3-2-4-6-13)23-26(24,25)15-9-7-14(8-10-15)21-22-16(11-18)17(19)20/h2-10,12,21,23H,1H3,(H3,19,20)/b22-16+. The summed E-state index contributed by atoms with van der Waals surface area (Å²) in [4.78, 5) is 0.0990. The number of hydrazone groups is 1. The van der Waals surface area contributed by atoms with Crippen LogP contribution in [0.2, 0.25) is 0 Å². The number of nitrogens with zero attached hydrogens (tertiary/aromatic N) is 2. The average Bonchev–Trinajstić information content (AvgIpc) is 2.62. The van der Waals surface area contributed by atoms with Crippen LogP contribution in [-0.4, -0.2) is 20.0 Å². The second-order valence-corrected chi connectivity index (χ2v) is 7.09. The number of amidine groups is 1. The highest BCUT2D eigenvalue weighted by Gasteiger charge is 2.18. The van der Waals surface area contributed by atoms with E-state index >= 15 is 0 Å². The molecule has 1 atom stereocenters. The topological polar surface area (TPSA) is 144 Å². The van der Waals surface area contributed by atoms with Crippen molar-refractivity contribution in [3.63, 3.8) is 0 Å². The summed E-state index contributed by atoms with van der Waals surface area (Å²) in [5.74, 6) is -0.460. The first-order valence-electron chi connectivity index (χ1n) is 7.59. The molecule has 0 bridgehead atoms. The predicted molar refractivity (Wildman–Crippen MR) is 100 cm³/mol. The van der Waals surface area contributed by atoms with Crippen molar-refractivity contribution in [3.8, 4) is 6.07 Å². The van der Waals surface area contributed by atoms with Crippen LogP contribution in [0.3, 0.4) is 0 Å². The van der Waals surface area contributed by atoms with Gasteiger partial charge in [-0.05, 0) is 36.8 Å². The molecule has 0 heterocycles. The highest BCUT2D eigenvalue weighted by atomic mass is 32.2. The first-order valence-corrected chi connectivity index (χ1v) is 9.07. The summed E-state index contributed by atoms with van der Waals surface area (Å²) >= 11 is 0. The van der Waals surface area contributed by atoms with Crippen molar-refractivity contribution < 1.29 is 8.42 Å². The van der Waals surface area contributed by atoms with Gasteiger partial charge >= 0.3 is 0 Å². The number of anilines is 1. The summed E-state index contributed by atoms with van der Waals surface area (Å²) < 4.78 is 27.6. The van der Waals surface area contributed by atoms with Crippen molar-refractivity contribution in [2.75, 3.05) is 5.43 Å². The van der Waals surface area contributed by atoms with Crippen molar-refractivity contribution >= 4 is 27.3 Å². The summed E-state index contributed by atoms with van der Waals surface area (Å²) in [6, 6.07) is 16.4. The lowest BCUT2D eigenvalue weighted by atomic mass is 10.1. The zero-order valence-corrected chi connectivity index (χ0v) is 14.8. The van der Waals surface area contributed by atoms with Crippen LogP contribution in [-0.2, 0) is 10.0 Å². The van der Waals surface area contributed by atoms with Crippen molar-refractivity contribution in [2.45, 2.75) is 17.9 Å². The molecular weight excluding hydrogens is 352 g/mol. The van der Waals surface area contributed by atoms with Crippen molar-refractivity contribution in [2.24, 2.45) is 10.8 Å². The van der Waals surface area contributed by atoms with E-state index in [0.717, 1.165) is 5.56 Å². The molecular formula is C17H18N6O2S. The molecule has 1 unspecified atom stereocenters. The van der Waals surface area contributed by atoms with E-state index in [9.17, 15) is 8.42 Å². The number of hydrogen-bond acceptors (Lipinski definition) is 6. The SMILES string of the molecule is CC(NS(=O)(=O)c1ccc(N/N=C(\C#N)C(=N)N)cc1)c1ccccc1. The van der Waals surface area contributed by atoms with Crippen LogP contribution in [0.15, 0.2) is 64.6 Å². The quantitative estimate of drug-likeness (QED) is 0.334. The van der Waals surface area contributed by atoms with Gasteiger partial charge in [0, 0.05) is 6.04 Å². The summed E-state index contributed by atoms with van der Waals surface area (Å²) in [7, 11) is -3.69. The highest BCUT2D eigenvalue weighted by molar-refractivity contribution is 7.89. The van der Waals surface area contributed by atoms with Crippen LogP contribution in [0.1, 0.15) is 18.5 Å². The maximum atomic E-state index is 12.5. The number of nitrogens with two attached hydrogens (primary N) is 1. The fourth-order valence-electron chi connectivity index (χ4n) is 2.09. The van der Waals surface area contributed by atoms with Gasteiger partial charge in [-0.15, -0.1) is 0 Å². The molecule has 0 saturated heterocycles. The van der Waals surface area contributed by atoms with Crippen LogP contribution in [0, 0.1) is 16.7 Å². The minimum Gasteiger partial charge on any atom is -0.382 e. The van der Waals surface area contributed by atoms with Gasteiger partial charge in [-0.1, -0.05) is 30.3 Å². The van der Waals surface area contributed by atoms with Crippen LogP contribution >= 0.6 is 0 Å². The number of sulfonamides is 1. The third-order valence-electron chi connectivity index (χ3n) is 3.45. The zero-order chi connectivity index (χ0) is 19.2. The molecule has 0 aliphatic rings. The molecule has 26 heavy (non-hydrogen) atoms. The Bertz CT molecular complexity index is 947. The van der Waals surface area contributed by atoms with Gasteiger partial charge in [0.2, 0.25) is 15.7 Å². The van der Waals surface area contributed by atoms with Crippen LogP contribution in [0.25, 0.3) is 0 Å². The number of nitrogens with one attached hydrogen (secondary N) is 3. The Morgan fingerprint density at radius 2 is 1.81 bits per heavy atom. The molecule has 0 amide bonds. The normalized spacial score (nSPS) is 12.8. The van der Waals surface area contributed by atoms with E-state index in [1.54, 1.807) is 13.0 Å². The molecule has 0 aromatic heterocycles. The van der Waals surface area contributed by atoms with Crippen molar-refractivity contribution in [3.05, 3.63) is 60.2 Å². The largest absolute Gasteiger partial charge is 0.382 e. The molecule has 9 heteroatoms. The lowest BCUT2D eigenvalue weighted by Gasteiger charge is -2.14. The first kappa shape index (κ1) is 19.1. The number of rotatable bonds is 7. The molecule has 0 aliphatic carbocycles. The fraction of sp³-hybridized carbons (Fsp3) is 0.118. The second-order valence-electron chi connectivity index (χ2n) is 5.38. The molecule has 2 aromatic rings. The van der Waals surface area contributed by atoms with Gasteiger partial charge in [-0.25, -0.2) is 13.1 Å². The Morgan fingerprint density at radius 3 is 2.35 bits per heavy atom. The average molecular weight is 370 g/mol. The van der Waals surface area contributed by atoms with Gasteiger partial charge in [0.15, 0.2) is 5.84 Å². The van der Waals surface area contributed by atoms with E-state index in [1.807, 2.05) is 30.3 Å². The van der Waals surface area contributed by atoms with Gasteiger partial charge in [-0.2, -0.15) is 10.4 Å². The second kappa shape index (κ2) is 8.24. The van der Waals surface area contributed by atoms with Crippen LogP contribution in [0.4, 0.5) is 5.69 Å². The molecule has 0 aliphatic heterocycles. The van der Waals surface area contributed by atoms with Crippen LogP contribution in [0.5, 0.6) is 0 Å². The Morgan fingerprint density at radius 1 is 1.19 bits per heavy atom.